The highest BCUT2D eigenvalue weighted by Gasteiger charge is 2.54. The molecular weight excluding hydrogens is 416 g/mol. The Kier molecular flexibility index (Phi) is 8.08. The highest BCUT2D eigenvalue weighted by molar-refractivity contribution is 5.61. The summed E-state index contributed by atoms with van der Waals surface area (Å²) in [6.07, 6.45) is -3.87. The summed E-state index contributed by atoms with van der Waals surface area (Å²) in [5.74, 6) is 0. The quantitative estimate of drug-likeness (QED) is 0.552. The SMILES string of the molecule is CO[C@@H]1O[C@H](COC(=O)OCc2ccccc2)[C@@H](OC(=O)OCc2ccccc2)C1(C)C. The van der Waals surface area contributed by atoms with E-state index in [0.29, 0.717) is 0 Å². The number of methoxy groups -OCH3 is 1. The molecule has 0 saturated carbocycles. The van der Waals surface area contributed by atoms with Gasteiger partial charge in [0.25, 0.3) is 0 Å². The van der Waals surface area contributed by atoms with Crippen LogP contribution in [0.25, 0.3) is 0 Å². The number of rotatable bonds is 8. The molecule has 1 heterocycles. The van der Waals surface area contributed by atoms with Crippen LogP contribution in [0.2, 0.25) is 0 Å². The molecule has 2 aromatic rings. The predicted molar refractivity (Wildman–Crippen MR) is 114 cm³/mol. The summed E-state index contributed by atoms with van der Waals surface area (Å²) in [6.45, 7) is 3.67. The third-order valence-electron chi connectivity index (χ3n) is 5.18. The third kappa shape index (κ3) is 6.21. The number of carbonyl (C=O) groups is 2. The van der Waals surface area contributed by atoms with Crippen molar-refractivity contribution in [1.82, 2.24) is 0 Å². The second-order valence-corrected chi connectivity index (χ2v) is 7.96. The largest absolute Gasteiger partial charge is 0.509 e. The van der Waals surface area contributed by atoms with Gasteiger partial charge in [-0.3, -0.25) is 0 Å². The molecule has 2 aromatic carbocycles. The molecule has 8 nitrogen and oxygen atoms in total. The van der Waals surface area contributed by atoms with Gasteiger partial charge < -0.3 is 28.4 Å². The molecule has 1 saturated heterocycles. The summed E-state index contributed by atoms with van der Waals surface area (Å²) in [4.78, 5) is 24.3. The zero-order chi connectivity index (χ0) is 23.0. The first kappa shape index (κ1) is 23.6. The molecule has 8 heteroatoms. The fourth-order valence-corrected chi connectivity index (χ4v) is 3.49. The van der Waals surface area contributed by atoms with E-state index in [0.717, 1.165) is 11.1 Å². The number of carbonyl (C=O) groups excluding carboxylic acids is 2. The van der Waals surface area contributed by atoms with Gasteiger partial charge in [0.1, 0.15) is 32.0 Å². The van der Waals surface area contributed by atoms with Crippen LogP contribution in [0, 0.1) is 5.41 Å². The summed E-state index contributed by atoms with van der Waals surface area (Å²) in [5.41, 5.74) is 0.967. The van der Waals surface area contributed by atoms with Gasteiger partial charge in [0.15, 0.2) is 6.29 Å². The van der Waals surface area contributed by atoms with E-state index >= 15 is 0 Å². The normalized spacial score (nSPS) is 21.5. The minimum Gasteiger partial charge on any atom is -0.431 e. The molecular formula is C24H28O8. The Labute approximate surface area is 187 Å². The molecule has 0 unspecified atom stereocenters. The average Bonchev–Trinajstić information content (AvgIpc) is 3.05. The smallest absolute Gasteiger partial charge is 0.431 e. The molecule has 3 rings (SSSR count). The first-order valence-corrected chi connectivity index (χ1v) is 10.3. The minimum absolute atomic E-state index is 0.0777. The molecule has 0 radical (unpaired) electrons. The number of ether oxygens (including phenoxy) is 6. The lowest BCUT2D eigenvalue weighted by Gasteiger charge is -2.29. The molecule has 3 atom stereocenters. The van der Waals surface area contributed by atoms with Crippen molar-refractivity contribution in [3.05, 3.63) is 71.8 Å². The van der Waals surface area contributed by atoms with Gasteiger partial charge in [-0.2, -0.15) is 0 Å². The van der Waals surface area contributed by atoms with Crippen LogP contribution in [0.1, 0.15) is 25.0 Å². The van der Waals surface area contributed by atoms with E-state index in [-0.39, 0.29) is 19.8 Å². The standard InChI is InChI=1S/C24H28O8/c1-24(2)20(32-23(26)29-15-18-12-8-5-9-13-18)19(31-21(24)27-3)16-30-22(25)28-14-17-10-6-4-7-11-17/h4-13,19-21H,14-16H2,1-3H3/t19-,20-,21-/m1/s1. The lowest BCUT2D eigenvalue weighted by molar-refractivity contribution is -0.156. The van der Waals surface area contributed by atoms with Crippen molar-refractivity contribution in [3.8, 4) is 0 Å². The summed E-state index contributed by atoms with van der Waals surface area (Å²) < 4.78 is 32.3. The zero-order valence-electron chi connectivity index (χ0n) is 18.4. The first-order valence-electron chi connectivity index (χ1n) is 10.3. The third-order valence-corrected chi connectivity index (χ3v) is 5.18. The van der Waals surface area contributed by atoms with Crippen molar-refractivity contribution in [2.75, 3.05) is 13.7 Å². The monoisotopic (exact) mass is 444 g/mol. The molecule has 1 fully saturated rings. The highest BCUT2D eigenvalue weighted by Crippen LogP contribution is 2.41. The maximum absolute atomic E-state index is 12.3. The van der Waals surface area contributed by atoms with Crippen molar-refractivity contribution in [1.29, 1.82) is 0 Å². The Morgan fingerprint density at radius 3 is 1.91 bits per heavy atom. The zero-order valence-corrected chi connectivity index (χ0v) is 18.4. The van der Waals surface area contributed by atoms with Gasteiger partial charge in [-0.15, -0.1) is 0 Å². The average molecular weight is 444 g/mol. The summed E-state index contributed by atoms with van der Waals surface area (Å²) in [7, 11) is 1.49. The molecule has 1 aliphatic heterocycles. The van der Waals surface area contributed by atoms with E-state index in [1.807, 2.05) is 74.5 Å². The van der Waals surface area contributed by atoms with Gasteiger partial charge >= 0.3 is 12.3 Å². The second-order valence-electron chi connectivity index (χ2n) is 7.96. The van der Waals surface area contributed by atoms with Crippen LogP contribution in [0.15, 0.2) is 60.7 Å². The highest BCUT2D eigenvalue weighted by atomic mass is 16.8. The summed E-state index contributed by atoms with van der Waals surface area (Å²) in [5, 5.41) is 0. The predicted octanol–water partition coefficient (Wildman–Crippen LogP) is 4.46. The van der Waals surface area contributed by atoms with Crippen LogP contribution in [-0.4, -0.2) is 44.5 Å². The fourth-order valence-electron chi connectivity index (χ4n) is 3.49. The van der Waals surface area contributed by atoms with Gasteiger partial charge in [-0.25, -0.2) is 9.59 Å². The van der Waals surface area contributed by atoms with Crippen molar-refractivity contribution in [3.63, 3.8) is 0 Å². The topological polar surface area (TPSA) is 89.5 Å². The minimum atomic E-state index is -0.846. The fraction of sp³-hybridized carbons (Fsp3) is 0.417. The van der Waals surface area contributed by atoms with Crippen molar-refractivity contribution >= 4 is 12.3 Å². The van der Waals surface area contributed by atoms with Crippen LogP contribution in [0.5, 0.6) is 0 Å². The Morgan fingerprint density at radius 1 is 0.844 bits per heavy atom. The van der Waals surface area contributed by atoms with Crippen molar-refractivity contribution in [2.24, 2.45) is 5.41 Å². The molecule has 1 aliphatic rings. The maximum atomic E-state index is 12.3. The Morgan fingerprint density at radius 2 is 1.38 bits per heavy atom. The van der Waals surface area contributed by atoms with E-state index in [4.69, 9.17) is 28.4 Å². The van der Waals surface area contributed by atoms with Crippen LogP contribution >= 0.6 is 0 Å². The van der Waals surface area contributed by atoms with Gasteiger partial charge in [-0.1, -0.05) is 74.5 Å². The van der Waals surface area contributed by atoms with Crippen molar-refractivity contribution < 1.29 is 38.0 Å². The lowest BCUT2D eigenvalue weighted by atomic mass is 9.85. The van der Waals surface area contributed by atoms with Gasteiger partial charge in [0, 0.05) is 7.11 Å². The molecule has 0 N–H and O–H groups in total. The van der Waals surface area contributed by atoms with Crippen LogP contribution in [0.4, 0.5) is 9.59 Å². The van der Waals surface area contributed by atoms with Crippen LogP contribution < -0.4 is 0 Å². The molecule has 0 bridgehead atoms. The van der Waals surface area contributed by atoms with Gasteiger partial charge in [-0.05, 0) is 11.1 Å². The lowest BCUT2D eigenvalue weighted by Crippen LogP contribution is -2.41. The number of benzene rings is 2. The van der Waals surface area contributed by atoms with Crippen molar-refractivity contribution in [2.45, 2.75) is 45.6 Å². The van der Waals surface area contributed by atoms with E-state index in [2.05, 4.69) is 0 Å². The van der Waals surface area contributed by atoms with E-state index in [1.165, 1.54) is 7.11 Å². The second kappa shape index (κ2) is 11.0. The number of hydrogen-bond donors (Lipinski definition) is 0. The molecule has 0 spiro atoms. The van der Waals surface area contributed by atoms with E-state index in [9.17, 15) is 9.59 Å². The van der Waals surface area contributed by atoms with E-state index in [1.54, 1.807) is 0 Å². The Bertz CT molecular complexity index is 868. The van der Waals surface area contributed by atoms with Crippen LogP contribution in [-0.2, 0) is 41.6 Å². The maximum Gasteiger partial charge on any atom is 0.509 e. The summed E-state index contributed by atoms with van der Waals surface area (Å²) >= 11 is 0. The van der Waals surface area contributed by atoms with Gasteiger partial charge in [0.05, 0.1) is 5.41 Å². The molecule has 0 amide bonds. The van der Waals surface area contributed by atoms with Gasteiger partial charge in [0.2, 0.25) is 0 Å². The number of hydrogen-bond acceptors (Lipinski definition) is 8. The molecule has 172 valence electrons. The molecule has 0 aliphatic carbocycles. The molecule has 0 aromatic heterocycles. The Hall–Kier alpha value is -3.10. The van der Waals surface area contributed by atoms with E-state index < -0.39 is 36.2 Å². The molecule has 32 heavy (non-hydrogen) atoms. The Balaban J connectivity index is 1.54. The summed E-state index contributed by atoms with van der Waals surface area (Å²) in [6, 6.07) is 18.5. The first-order chi connectivity index (χ1) is 15.4. The van der Waals surface area contributed by atoms with Crippen LogP contribution in [0.3, 0.4) is 0 Å².